The number of hydrogen-bond donors (Lipinski definition) is 2. The molecule has 3 N–H and O–H groups in total. The summed E-state index contributed by atoms with van der Waals surface area (Å²) in [4.78, 5) is 0. The van der Waals surface area contributed by atoms with Crippen molar-refractivity contribution in [1.29, 1.82) is 0 Å². The largest absolute Gasteiger partial charge is 0.435 e. The number of alkyl halides is 3. The number of rotatable bonds is 3. The van der Waals surface area contributed by atoms with E-state index < -0.39 is 17.3 Å². The Kier molecular flexibility index (Phi) is 3.30. The first-order valence-corrected chi connectivity index (χ1v) is 4.67. The molecule has 16 heavy (non-hydrogen) atoms. The van der Waals surface area contributed by atoms with Gasteiger partial charge in [0.2, 0.25) is 0 Å². The fraction of sp³-hybridized carbons (Fsp3) is 0.667. The number of nitrogens with two attached hydrogens (primary N) is 1. The van der Waals surface area contributed by atoms with Crippen molar-refractivity contribution in [3.05, 3.63) is 17.5 Å². The summed E-state index contributed by atoms with van der Waals surface area (Å²) in [5.74, 6) is 0. The van der Waals surface area contributed by atoms with Gasteiger partial charge in [0.1, 0.15) is 0 Å². The maximum Gasteiger partial charge on any atom is 0.435 e. The average molecular weight is 237 g/mol. The molecular formula is C9H14F3N3O. The Hall–Kier alpha value is -1.08. The molecule has 1 unspecified atom stereocenters. The average Bonchev–Trinajstić information content (AvgIpc) is 2.59. The van der Waals surface area contributed by atoms with E-state index in [9.17, 15) is 18.3 Å². The van der Waals surface area contributed by atoms with Crippen LogP contribution in [0.25, 0.3) is 0 Å². The van der Waals surface area contributed by atoms with Crippen LogP contribution in [0.2, 0.25) is 0 Å². The van der Waals surface area contributed by atoms with Crippen molar-refractivity contribution in [2.45, 2.75) is 18.5 Å². The van der Waals surface area contributed by atoms with E-state index in [1.807, 2.05) is 0 Å². The Labute approximate surface area is 90.9 Å². The SMILES string of the molecule is Cn1nc(C(F)(F)F)cc1C(C)(CN)CO. The van der Waals surface area contributed by atoms with Gasteiger partial charge in [-0.1, -0.05) is 6.92 Å². The van der Waals surface area contributed by atoms with E-state index in [-0.39, 0.29) is 18.8 Å². The minimum atomic E-state index is -4.49. The van der Waals surface area contributed by atoms with Gasteiger partial charge in [0.05, 0.1) is 6.61 Å². The smallest absolute Gasteiger partial charge is 0.395 e. The molecule has 0 radical (unpaired) electrons. The summed E-state index contributed by atoms with van der Waals surface area (Å²) < 4.78 is 38.3. The molecule has 0 spiro atoms. The Morgan fingerprint density at radius 1 is 1.50 bits per heavy atom. The van der Waals surface area contributed by atoms with Gasteiger partial charge in [-0.05, 0) is 6.07 Å². The molecule has 1 rings (SSSR count). The zero-order chi connectivity index (χ0) is 12.6. The highest BCUT2D eigenvalue weighted by Gasteiger charge is 2.37. The summed E-state index contributed by atoms with van der Waals surface area (Å²) in [6.45, 7) is 1.30. The molecule has 0 fully saturated rings. The second kappa shape index (κ2) is 4.06. The van der Waals surface area contributed by atoms with Gasteiger partial charge in [-0.25, -0.2) is 0 Å². The highest BCUT2D eigenvalue weighted by molar-refractivity contribution is 5.22. The molecule has 0 bridgehead atoms. The van der Waals surface area contributed by atoms with Crippen LogP contribution in [-0.2, 0) is 18.6 Å². The van der Waals surface area contributed by atoms with Crippen LogP contribution >= 0.6 is 0 Å². The third-order valence-electron chi connectivity index (χ3n) is 2.59. The Morgan fingerprint density at radius 3 is 2.38 bits per heavy atom. The first kappa shape index (κ1) is 13.0. The molecule has 4 nitrogen and oxygen atoms in total. The topological polar surface area (TPSA) is 64.1 Å². The molecule has 1 heterocycles. The standard InChI is InChI=1S/C9H14F3N3O/c1-8(4-13,5-16)7-3-6(9(10,11)12)14-15(7)2/h3,16H,4-5,13H2,1-2H3. The van der Waals surface area contributed by atoms with Crippen LogP contribution in [0.3, 0.4) is 0 Å². The number of aryl methyl sites for hydroxylation is 1. The molecule has 1 aromatic heterocycles. The van der Waals surface area contributed by atoms with Crippen molar-refractivity contribution in [2.75, 3.05) is 13.2 Å². The number of aliphatic hydroxyl groups excluding tert-OH is 1. The molecule has 0 saturated heterocycles. The van der Waals surface area contributed by atoms with Crippen molar-refractivity contribution < 1.29 is 18.3 Å². The maximum absolute atomic E-state index is 12.4. The number of aliphatic hydroxyl groups is 1. The minimum Gasteiger partial charge on any atom is -0.395 e. The molecule has 1 atom stereocenters. The molecule has 0 amide bonds. The highest BCUT2D eigenvalue weighted by atomic mass is 19.4. The molecule has 0 aliphatic carbocycles. The van der Waals surface area contributed by atoms with Crippen LogP contribution in [0.1, 0.15) is 18.3 Å². The van der Waals surface area contributed by atoms with Gasteiger partial charge in [-0.3, -0.25) is 4.68 Å². The van der Waals surface area contributed by atoms with Gasteiger partial charge in [-0.15, -0.1) is 0 Å². The predicted octanol–water partition coefficient (Wildman–Crippen LogP) is 0.648. The van der Waals surface area contributed by atoms with Gasteiger partial charge in [0.25, 0.3) is 0 Å². The van der Waals surface area contributed by atoms with E-state index in [2.05, 4.69) is 5.10 Å². The Bertz CT molecular complexity index is 369. The quantitative estimate of drug-likeness (QED) is 0.811. The lowest BCUT2D eigenvalue weighted by Gasteiger charge is -2.25. The fourth-order valence-corrected chi connectivity index (χ4v) is 1.42. The van der Waals surface area contributed by atoms with Gasteiger partial charge < -0.3 is 10.8 Å². The third kappa shape index (κ3) is 2.19. The van der Waals surface area contributed by atoms with Crippen molar-refractivity contribution in [1.82, 2.24) is 9.78 Å². The molecule has 0 aliphatic heterocycles. The zero-order valence-corrected chi connectivity index (χ0v) is 9.04. The van der Waals surface area contributed by atoms with Crippen molar-refractivity contribution >= 4 is 0 Å². The monoisotopic (exact) mass is 237 g/mol. The first-order chi connectivity index (χ1) is 7.24. The molecule has 92 valence electrons. The molecule has 0 aromatic carbocycles. The second-order valence-corrected chi connectivity index (χ2v) is 3.96. The first-order valence-electron chi connectivity index (χ1n) is 4.67. The normalized spacial score (nSPS) is 16.2. The van der Waals surface area contributed by atoms with Crippen LogP contribution in [0.15, 0.2) is 6.07 Å². The fourth-order valence-electron chi connectivity index (χ4n) is 1.42. The lowest BCUT2D eigenvalue weighted by atomic mass is 9.87. The van der Waals surface area contributed by atoms with Gasteiger partial charge in [-0.2, -0.15) is 18.3 Å². The van der Waals surface area contributed by atoms with Gasteiger partial charge >= 0.3 is 6.18 Å². The number of hydrogen-bond acceptors (Lipinski definition) is 3. The van der Waals surface area contributed by atoms with E-state index in [1.165, 1.54) is 7.05 Å². The van der Waals surface area contributed by atoms with Crippen LogP contribution in [-0.4, -0.2) is 28.0 Å². The number of aromatic nitrogens is 2. The van der Waals surface area contributed by atoms with Crippen molar-refractivity contribution in [3.63, 3.8) is 0 Å². The molecule has 0 aliphatic rings. The van der Waals surface area contributed by atoms with E-state index in [0.29, 0.717) is 0 Å². The molecular weight excluding hydrogens is 223 g/mol. The summed E-state index contributed by atoms with van der Waals surface area (Å²) >= 11 is 0. The van der Waals surface area contributed by atoms with E-state index in [4.69, 9.17) is 5.73 Å². The lowest BCUT2D eigenvalue weighted by Crippen LogP contribution is -2.37. The van der Waals surface area contributed by atoms with Gasteiger partial charge in [0, 0.05) is 24.7 Å². The van der Waals surface area contributed by atoms with Crippen molar-refractivity contribution in [2.24, 2.45) is 12.8 Å². The predicted molar refractivity (Wildman–Crippen MR) is 51.7 cm³/mol. The molecule has 1 aromatic rings. The number of halogens is 3. The summed E-state index contributed by atoms with van der Waals surface area (Å²) in [7, 11) is 1.40. The zero-order valence-electron chi connectivity index (χ0n) is 9.04. The maximum atomic E-state index is 12.4. The summed E-state index contributed by atoms with van der Waals surface area (Å²) in [6, 6.07) is 0.920. The van der Waals surface area contributed by atoms with Crippen LogP contribution in [0.4, 0.5) is 13.2 Å². The van der Waals surface area contributed by atoms with Crippen LogP contribution in [0.5, 0.6) is 0 Å². The van der Waals surface area contributed by atoms with Crippen LogP contribution < -0.4 is 5.73 Å². The summed E-state index contributed by atoms with van der Waals surface area (Å²) in [5.41, 5.74) is 3.84. The Morgan fingerprint density at radius 2 is 2.06 bits per heavy atom. The van der Waals surface area contributed by atoms with Crippen LogP contribution in [0, 0.1) is 0 Å². The molecule has 0 saturated carbocycles. The lowest BCUT2D eigenvalue weighted by molar-refractivity contribution is -0.141. The molecule has 7 heteroatoms. The summed E-state index contributed by atoms with van der Waals surface area (Å²) in [6.07, 6.45) is -4.49. The van der Waals surface area contributed by atoms with Crippen molar-refractivity contribution in [3.8, 4) is 0 Å². The second-order valence-electron chi connectivity index (χ2n) is 3.96. The Balaban J connectivity index is 3.21. The van der Waals surface area contributed by atoms with E-state index in [1.54, 1.807) is 6.92 Å². The number of nitrogens with zero attached hydrogens (tertiary/aromatic N) is 2. The highest BCUT2D eigenvalue weighted by Crippen LogP contribution is 2.31. The summed E-state index contributed by atoms with van der Waals surface area (Å²) in [5, 5.41) is 12.5. The third-order valence-corrected chi connectivity index (χ3v) is 2.59. The minimum absolute atomic E-state index is 0.0420. The van der Waals surface area contributed by atoms with E-state index >= 15 is 0 Å². The van der Waals surface area contributed by atoms with Gasteiger partial charge in [0.15, 0.2) is 5.69 Å². The van der Waals surface area contributed by atoms with E-state index in [0.717, 1.165) is 10.7 Å².